The predicted molar refractivity (Wildman–Crippen MR) is 97.4 cm³/mol. The van der Waals surface area contributed by atoms with E-state index in [2.05, 4.69) is 20.5 Å². The number of aromatic amines is 1. The first-order valence-corrected chi connectivity index (χ1v) is 8.88. The molecule has 0 atom stereocenters. The number of hydrogen-bond acceptors (Lipinski definition) is 6. The molecule has 0 spiro atoms. The van der Waals surface area contributed by atoms with Crippen LogP contribution in [0.2, 0.25) is 0 Å². The van der Waals surface area contributed by atoms with Gasteiger partial charge in [0.2, 0.25) is 5.16 Å². The van der Waals surface area contributed by atoms with Gasteiger partial charge in [-0.3, -0.25) is 14.7 Å². The monoisotopic (exact) mass is 366 g/mol. The Hall–Kier alpha value is -3.13. The Kier molecular flexibility index (Phi) is 4.40. The smallest absolute Gasteiger partial charge is 0.262 e. The van der Waals surface area contributed by atoms with Gasteiger partial charge in [-0.05, 0) is 18.2 Å². The van der Waals surface area contributed by atoms with Crippen molar-refractivity contribution in [1.29, 1.82) is 0 Å². The zero-order chi connectivity index (χ0) is 17.9. The van der Waals surface area contributed by atoms with Crippen LogP contribution in [0.3, 0.4) is 0 Å². The van der Waals surface area contributed by atoms with E-state index in [4.69, 9.17) is 4.74 Å². The predicted octanol–water partition coefficient (Wildman–Crippen LogP) is 2.78. The SMILES string of the molecule is O=C1COc2ccc(C(=O)CSc3n[nH]c(-c4ccccc4)n3)cc2N1. The van der Waals surface area contributed by atoms with Crippen LogP contribution < -0.4 is 10.1 Å². The topological polar surface area (TPSA) is 97.0 Å². The van der Waals surface area contributed by atoms with E-state index in [1.807, 2.05) is 30.3 Å². The van der Waals surface area contributed by atoms with Crippen LogP contribution in [0.1, 0.15) is 10.4 Å². The number of thioether (sulfide) groups is 1. The van der Waals surface area contributed by atoms with Gasteiger partial charge in [-0.15, -0.1) is 5.10 Å². The first kappa shape index (κ1) is 16.3. The molecule has 1 aliphatic rings. The van der Waals surface area contributed by atoms with Crippen molar-refractivity contribution in [2.75, 3.05) is 17.7 Å². The molecule has 26 heavy (non-hydrogen) atoms. The van der Waals surface area contributed by atoms with E-state index in [0.29, 0.717) is 28.0 Å². The Labute approximate surface area is 153 Å². The molecule has 8 heteroatoms. The van der Waals surface area contributed by atoms with Crippen molar-refractivity contribution in [2.24, 2.45) is 0 Å². The van der Waals surface area contributed by atoms with Gasteiger partial charge in [0, 0.05) is 11.1 Å². The summed E-state index contributed by atoms with van der Waals surface area (Å²) in [6, 6.07) is 14.6. The van der Waals surface area contributed by atoms with Gasteiger partial charge >= 0.3 is 0 Å². The van der Waals surface area contributed by atoms with Crippen molar-refractivity contribution in [2.45, 2.75) is 5.16 Å². The number of nitrogens with one attached hydrogen (secondary N) is 2. The van der Waals surface area contributed by atoms with Crippen LogP contribution in [0, 0.1) is 0 Å². The van der Waals surface area contributed by atoms with Crippen LogP contribution in [-0.2, 0) is 4.79 Å². The fourth-order valence-corrected chi connectivity index (χ4v) is 3.20. The van der Waals surface area contributed by atoms with Gasteiger partial charge in [-0.1, -0.05) is 42.1 Å². The summed E-state index contributed by atoms with van der Waals surface area (Å²) in [5.74, 6) is 1.11. The number of carbonyl (C=O) groups excluding carboxylic acids is 2. The third-order valence-corrected chi connectivity index (χ3v) is 4.63. The third kappa shape index (κ3) is 3.45. The highest BCUT2D eigenvalue weighted by atomic mass is 32.2. The molecule has 0 saturated carbocycles. The number of H-pyrrole nitrogens is 1. The first-order valence-electron chi connectivity index (χ1n) is 7.89. The fourth-order valence-electron chi connectivity index (χ4n) is 2.51. The summed E-state index contributed by atoms with van der Waals surface area (Å²) < 4.78 is 5.29. The molecular weight excluding hydrogens is 352 g/mol. The van der Waals surface area contributed by atoms with E-state index < -0.39 is 0 Å². The molecule has 1 aliphatic heterocycles. The second kappa shape index (κ2) is 7.01. The molecule has 0 saturated heterocycles. The zero-order valence-electron chi connectivity index (χ0n) is 13.6. The lowest BCUT2D eigenvalue weighted by atomic mass is 10.1. The minimum absolute atomic E-state index is 0.00921. The van der Waals surface area contributed by atoms with E-state index in [-0.39, 0.29) is 24.1 Å². The van der Waals surface area contributed by atoms with Crippen molar-refractivity contribution in [3.8, 4) is 17.1 Å². The zero-order valence-corrected chi connectivity index (χ0v) is 14.4. The molecule has 2 N–H and O–H groups in total. The van der Waals surface area contributed by atoms with Crippen LogP contribution >= 0.6 is 11.8 Å². The van der Waals surface area contributed by atoms with Crippen LogP contribution in [0.4, 0.5) is 5.69 Å². The highest BCUT2D eigenvalue weighted by molar-refractivity contribution is 7.99. The number of ketones is 1. The Balaban J connectivity index is 1.42. The van der Waals surface area contributed by atoms with Gasteiger partial charge < -0.3 is 10.1 Å². The summed E-state index contributed by atoms with van der Waals surface area (Å²) in [5.41, 5.74) is 1.95. The number of Topliss-reactive ketones (excluding diaryl/α,β-unsaturated/α-hetero) is 1. The number of fused-ring (bicyclic) bond motifs is 1. The molecule has 0 unspecified atom stereocenters. The molecule has 7 nitrogen and oxygen atoms in total. The minimum Gasteiger partial charge on any atom is -0.482 e. The van der Waals surface area contributed by atoms with Crippen molar-refractivity contribution in [3.05, 3.63) is 54.1 Å². The molecule has 2 heterocycles. The average molecular weight is 366 g/mol. The molecule has 2 aromatic carbocycles. The number of aromatic nitrogens is 3. The summed E-state index contributed by atoms with van der Waals surface area (Å²) >= 11 is 1.26. The number of carbonyl (C=O) groups is 2. The van der Waals surface area contributed by atoms with E-state index >= 15 is 0 Å². The van der Waals surface area contributed by atoms with Crippen LogP contribution in [0.25, 0.3) is 11.4 Å². The molecular formula is C18H14N4O3S. The van der Waals surface area contributed by atoms with Gasteiger partial charge in [0.05, 0.1) is 11.4 Å². The average Bonchev–Trinajstić information content (AvgIpc) is 3.15. The van der Waals surface area contributed by atoms with Crippen LogP contribution in [-0.4, -0.2) is 39.2 Å². The van der Waals surface area contributed by atoms with Crippen LogP contribution in [0.5, 0.6) is 5.75 Å². The highest BCUT2D eigenvalue weighted by Gasteiger charge is 2.18. The van der Waals surface area contributed by atoms with Gasteiger partial charge in [0.15, 0.2) is 18.2 Å². The fraction of sp³-hybridized carbons (Fsp3) is 0.111. The van der Waals surface area contributed by atoms with Gasteiger partial charge in [0.25, 0.3) is 5.91 Å². The number of nitrogens with zero attached hydrogens (tertiary/aromatic N) is 2. The first-order chi connectivity index (χ1) is 12.7. The second-order valence-corrected chi connectivity index (χ2v) is 6.53. The molecule has 0 aliphatic carbocycles. The number of rotatable bonds is 5. The summed E-state index contributed by atoms with van der Waals surface area (Å²) in [6.45, 7) is -0.00921. The molecule has 0 radical (unpaired) electrons. The molecule has 0 fully saturated rings. The molecule has 3 aromatic rings. The molecule has 0 bridgehead atoms. The van der Waals surface area contributed by atoms with E-state index in [1.54, 1.807) is 18.2 Å². The minimum atomic E-state index is -0.231. The van der Waals surface area contributed by atoms with E-state index in [1.165, 1.54) is 11.8 Å². The lowest BCUT2D eigenvalue weighted by Crippen LogP contribution is -2.25. The number of amides is 1. The largest absolute Gasteiger partial charge is 0.482 e. The van der Waals surface area contributed by atoms with Crippen LogP contribution in [0.15, 0.2) is 53.7 Å². The maximum Gasteiger partial charge on any atom is 0.262 e. The number of anilines is 1. The van der Waals surface area contributed by atoms with Gasteiger partial charge in [-0.25, -0.2) is 4.98 Å². The normalized spacial score (nSPS) is 12.8. The maximum absolute atomic E-state index is 12.4. The van der Waals surface area contributed by atoms with Gasteiger partial charge in [-0.2, -0.15) is 0 Å². The summed E-state index contributed by atoms with van der Waals surface area (Å²) in [5, 5.41) is 10.2. The molecule has 1 amide bonds. The Morgan fingerprint density at radius 1 is 1.19 bits per heavy atom. The number of ether oxygens (including phenoxy) is 1. The Bertz CT molecular complexity index is 972. The standard InChI is InChI=1S/C18H14N4O3S/c23-14(12-6-7-15-13(8-12)19-16(24)9-25-15)10-26-18-20-17(21-22-18)11-4-2-1-3-5-11/h1-8H,9-10H2,(H,19,24)(H,20,21,22). The van der Waals surface area contributed by atoms with Gasteiger partial charge in [0.1, 0.15) is 5.75 Å². The second-order valence-electron chi connectivity index (χ2n) is 5.59. The summed E-state index contributed by atoms with van der Waals surface area (Å²) in [7, 11) is 0. The van der Waals surface area contributed by atoms with Crippen molar-refractivity contribution < 1.29 is 14.3 Å². The van der Waals surface area contributed by atoms with Crippen molar-refractivity contribution >= 4 is 29.1 Å². The summed E-state index contributed by atoms with van der Waals surface area (Å²) in [4.78, 5) is 28.2. The molecule has 4 rings (SSSR count). The Morgan fingerprint density at radius 3 is 2.88 bits per heavy atom. The van der Waals surface area contributed by atoms with Crippen molar-refractivity contribution in [3.63, 3.8) is 0 Å². The Morgan fingerprint density at radius 2 is 2.04 bits per heavy atom. The van der Waals surface area contributed by atoms with Crippen molar-refractivity contribution in [1.82, 2.24) is 15.2 Å². The lowest BCUT2D eigenvalue weighted by molar-refractivity contribution is -0.118. The number of hydrogen-bond donors (Lipinski definition) is 2. The third-order valence-electron chi connectivity index (χ3n) is 3.78. The molecule has 1 aromatic heterocycles. The maximum atomic E-state index is 12.4. The quantitative estimate of drug-likeness (QED) is 0.532. The number of benzene rings is 2. The van der Waals surface area contributed by atoms with E-state index in [0.717, 1.165) is 5.56 Å². The summed E-state index contributed by atoms with van der Waals surface area (Å²) in [6.07, 6.45) is 0. The molecule has 130 valence electrons. The van der Waals surface area contributed by atoms with E-state index in [9.17, 15) is 9.59 Å². The lowest BCUT2D eigenvalue weighted by Gasteiger charge is -2.18. The highest BCUT2D eigenvalue weighted by Crippen LogP contribution is 2.29.